The van der Waals surface area contributed by atoms with Crippen LogP contribution in [0, 0.1) is 6.92 Å². The van der Waals surface area contributed by atoms with E-state index in [-0.39, 0.29) is 22.9 Å². The zero-order chi connectivity index (χ0) is 24.3. The van der Waals surface area contributed by atoms with Crippen LogP contribution in [0.25, 0.3) is 0 Å². The summed E-state index contributed by atoms with van der Waals surface area (Å²) in [4.78, 5) is 19.1. The largest absolute Gasteiger partial charge is 0.471 e. The first kappa shape index (κ1) is 27.0. The molecule has 0 aliphatic carbocycles. The number of hydrogen-bond donors (Lipinski definition) is 0. The SMILES string of the molecule is CO/N=C(/C)c1cccc(C)c1CO/N=C(\C)c1ccc(Cl)cc1C(F)(F)F.COC=O. The maximum atomic E-state index is 13.3. The summed E-state index contributed by atoms with van der Waals surface area (Å²) in [5.41, 5.74) is 2.40. The molecule has 0 aromatic heterocycles. The van der Waals surface area contributed by atoms with Gasteiger partial charge in [0.15, 0.2) is 0 Å². The van der Waals surface area contributed by atoms with Crippen LogP contribution in [0.2, 0.25) is 5.02 Å². The number of benzene rings is 2. The van der Waals surface area contributed by atoms with Gasteiger partial charge in [-0.05, 0) is 38.5 Å². The molecule has 2 aromatic carbocycles. The molecule has 0 unspecified atom stereocenters. The quantitative estimate of drug-likeness (QED) is 0.291. The van der Waals surface area contributed by atoms with Crippen molar-refractivity contribution in [1.29, 1.82) is 0 Å². The highest BCUT2D eigenvalue weighted by Crippen LogP contribution is 2.34. The van der Waals surface area contributed by atoms with Crippen LogP contribution in [-0.2, 0) is 32.0 Å². The van der Waals surface area contributed by atoms with Gasteiger partial charge in [0.25, 0.3) is 6.47 Å². The average molecular weight is 473 g/mol. The first-order valence-corrected chi connectivity index (χ1v) is 9.61. The Morgan fingerprint density at radius 2 is 1.69 bits per heavy atom. The van der Waals surface area contributed by atoms with Crippen LogP contribution in [0.4, 0.5) is 13.2 Å². The second kappa shape index (κ2) is 12.7. The fraction of sp³-hybridized carbons (Fsp3) is 0.318. The lowest BCUT2D eigenvalue weighted by molar-refractivity contribution is -0.137. The minimum Gasteiger partial charge on any atom is -0.471 e. The number of ether oxygens (including phenoxy) is 1. The van der Waals surface area contributed by atoms with Crippen LogP contribution in [0.3, 0.4) is 0 Å². The highest BCUT2D eigenvalue weighted by Gasteiger charge is 2.34. The van der Waals surface area contributed by atoms with Crippen LogP contribution < -0.4 is 0 Å². The van der Waals surface area contributed by atoms with E-state index < -0.39 is 11.7 Å². The molecule has 0 atom stereocenters. The minimum atomic E-state index is -4.55. The molecule has 0 N–H and O–H groups in total. The Balaban J connectivity index is 0.00000118. The molecule has 2 rings (SSSR count). The third kappa shape index (κ3) is 7.88. The summed E-state index contributed by atoms with van der Waals surface area (Å²) in [6.45, 7) is 5.60. The van der Waals surface area contributed by atoms with Gasteiger partial charge in [-0.25, -0.2) is 0 Å². The molecule has 174 valence electrons. The summed E-state index contributed by atoms with van der Waals surface area (Å²) >= 11 is 5.71. The number of alkyl halides is 3. The molecule has 0 saturated heterocycles. The fourth-order valence-electron chi connectivity index (χ4n) is 2.73. The number of carbonyl (C=O) groups is 1. The van der Waals surface area contributed by atoms with E-state index in [4.69, 9.17) is 26.1 Å². The number of nitrogens with zero attached hydrogens (tertiary/aromatic N) is 2. The fourth-order valence-corrected chi connectivity index (χ4v) is 2.90. The molecule has 0 aliphatic heterocycles. The summed E-state index contributed by atoms with van der Waals surface area (Å²) in [6.07, 6.45) is -4.55. The number of halogens is 4. The molecule has 0 fully saturated rings. The van der Waals surface area contributed by atoms with Crippen molar-refractivity contribution in [3.05, 3.63) is 69.2 Å². The maximum absolute atomic E-state index is 13.3. The van der Waals surface area contributed by atoms with Crippen molar-refractivity contribution in [3.8, 4) is 0 Å². The van der Waals surface area contributed by atoms with Gasteiger partial charge in [-0.1, -0.05) is 46.2 Å². The van der Waals surface area contributed by atoms with Gasteiger partial charge in [-0.2, -0.15) is 13.2 Å². The summed E-state index contributed by atoms with van der Waals surface area (Å²) in [7, 11) is 2.76. The van der Waals surface area contributed by atoms with Crippen LogP contribution in [-0.4, -0.2) is 32.1 Å². The van der Waals surface area contributed by atoms with Gasteiger partial charge in [0.2, 0.25) is 0 Å². The Morgan fingerprint density at radius 3 is 2.25 bits per heavy atom. The van der Waals surface area contributed by atoms with E-state index >= 15 is 0 Å². The topological polar surface area (TPSA) is 69.5 Å². The second-order valence-corrected chi connectivity index (χ2v) is 6.87. The first-order chi connectivity index (χ1) is 15.1. The molecule has 0 amide bonds. The summed E-state index contributed by atoms with van der Waals surface area (Å²) in [6, 6.07) is 9.18. The van der Waals surface area contributed by atoms with Gasteiger partial charge in [0.1, 0.15) is 13.7 Å². The number of hydrogen-bond acceptors (Lipinski definition) is 6. The first-order valence-electron chi connectivity index (χ1n) is 9.23. The zero-order valence-corrected chi connectivity index (χ0v) is 19.0. The molecular weight excluding hydrogens is 449 g/mol. The van der Waals surface area contributed by atoms with Gasteiger partial charge in [-0.15, -0.1) is 0 Å². The molecular formula is C22H24ClF3N2O4. The molecule has 0 radical (unpaired) electrons. The highest BCUT2D eigenvalue weighted by atomic mass is 35.5. The lowest BCUT2D eigenvalue weighted by Gasteiger charge is -2.14. The predicted octanol–water partition coefficient (Wildman–Crippen LogP) is 5.77. The monoisotopic (exact) mass is 472 g/mol. The molecule has 0 spiro atoms. The van der Waals surface area contributed by atoms with Crippen molar-refractivity contribution in [2.24, 2.45) is 10.3 Å². The number of carbonyl (C=O) groups excluding carboxylic acids is 1. The molecule has 0 aliphatic rings. The van der Waals surface area contributed by atoms with Crippen molar-refractivity contribution < 1.29 is 32.4 Å². The number of oxime groups is 2. The summed E-state index contributed by atoms with van der Waals surface area (Å²) in [5.74, 6) is 0. The summed E-state index contributed by atoms with van der Waals surface area (Å²) < 4.78 is 43.7. The normalized spacial score (nSPS) is 11.9. The molecule has 10 heteroatoms. The van der Waals surface area contributed by atoms with E-state index in [1.54, 1.807) is 6.92 Å². The van der Waals surface area contributed by atoms with Crippen molar-refractivity contribution in [2.45, 2.75) is 33.6 Å². The number of methoxy groups -OCH3 is 1. The van der Waals surface area contributed by atoms with Crippen molar-refractivity contribution >= 4 is 29.5 Å². The van der Waals surface area contributed by atoms with Gasteiger partial charge >= 0.3 is 6.18 Å². The van der Waals surface area contributed by atoms with E-state index in [9.17, 15) is 13.2 Å². The number of aryl methyl sites for hydroxylation is 1. The maximum Gasteiger partial charge on any atom is 0.417 e. The predicted molar refractivity (Wildman–Crippen MR) is 117 cm³/mol. The molecule has 0 heterocycles. The molecule has 2 aromatic rings. The van der Waals surface area contributed by atoms with E-state index in [1.807, 2.05) is 25.1 Å². The third-order valence-electron chi connectivity index (χ3n) is 4.21. The van der Waals surface area contributed by atoms with E-state index in [2.05, 4.69) is 15.0 Å². The third-order valence-corrected chi connectivity index (χ3v) is 4.45. The molecule has 32 heavy (non-hydrogen) atoms. The zero-order valence-electron chi connectivity index (χ0n) is 18.3. The number of rotatable bonds is 7. The highest BCUT2D eigenvalue weighted by molar-refractivity contribution is 6.30. The Labute approximate surface area is 189 Å². The van der Waals surface area contributed by atoms with E-state index in [0.717, 1.165) is 22.8 Å². The van der Waals surface area contributed by atoms with Crippen LogP contribution in [0.15, 0.2) is 46.7 Å². The van der Waals surface area contributed by atoms with Gasteiger partial charge in [-0.3, -0.25) is 4.79 Å². The Morgan fingerprint density at radius 1 is 1.06 bits per heavy atom. The van der Waals surface area contributed by atoms with E-state index in [1.165, 1.54) is 33.3 Å². The Kier molecular flexibility index (Phi) is 10.7. The molecule has 0 saturated carbocycles. The van der Waals surface area contributed by atoms with Gasteiger partial charge < -0.3 is 14.4 Å². The average Bonchev–Trinajstić information content (AvgIpc) is 2.74. The standard InChI is InChI=1S/C20H20ClF3N2O2.C2H4O2/c1-12-6-5-7-16(13(2)25-27-4)18(12)11-28-26-14(3)17-9-8-15(21)10-19(17)20(22,23)24;1-4-2-3/h5-10H,11H2,1-4H3;2H,1H3/b25-13-,26-14+;. The molecule has 6 nitrogen and oxygen atoms in total. The Hall–Kier alpha value is -3.07. The summed E-state index contributed by atoms with van der Waals surface area (Å²) in [5, 5.41) is 7.81. The second-order valence-electron chi connectivity index (χ2n) is 6.43. The van der Waals surface area contributed by atoms with Gasteiger partial charge in [0, 0.05) is 21.7 Å². The van der Waals surface area contributed by atoms with E-state index in [0.29, 0.717) is 12.2 Å². The lowest BCUT2D eigenvalue weighted by Crippen LogP contribution is -2.12. The van der Waals surface area contributed by atoms with Crippen molar-refractivity contribution in [1.82, 2.24) is 0 Å². The minimum absolute atomic E-state index is 0.00208. The van der Waals surface area contributed by atoms with Crippen LogP contribution in [0.1, 0.15) is 41.7 Å². The molecule has 0 bridgehead atoms. The van der Waals surface area contributed by atoms with Crippen molar-refractivity contribution in [3.63, 3.8) is 0 Å². The Bertz CT molecular complexity index is 976. The van der Waals surface area contributed by atoms with Crippen LogP contribution >= 0.6 is 11.6 Å². The van der Waals surface area contributed by atoms with Gasteiger partial charge in [0.05, 0.1) is 24.1 Å². The van der Waals surface area contributed by atoms with Crippen LogP contribution in [0.5, 0.6) is 0 Å². The smallest absolute Gasteiger partial charge is 0.417 e. The lowest BCUT2D eigenvalue weighted by atomic mass is 10.00. The van der Waals surface area contributed by atoms with Crippen molar-refractivity contribution in [2.75, 3.05) is 14.2 Å².